The second kappa shape index (κ2) is 5.04. The Morgan fingerprint density at radius 1 is 1.59 bits per heavy atom. The van der Waals surface area contributed by atoms with Gasteiger partial charge in [-0.05, 0) is 25.7 Å². The van der Waals surface area contributed by atoms with Gasteiger partial charge < -0.3 is 9.64 Å². The maximum absolute atomic E-state index is 11.4. The van der Waals surface area contributed by atoms with Gasteiger partial charge in [0.25, 0.3) is 0 Å². The number of hydrogen-bond acceptors (Lipinski definition) is 5. The van der Waals surface area contributed by atoms with Crippen molar-refractivity contribution in [3.05, 3.63) is 11.1 Å². The Hall–Kier alpha value is -1.10. The van der Waals surface area contributed by atoms with E-state index in [-0.39, 0.29) is 5.97 Å². The van der Waals surface area contributed by atoms with Gasteiger partial charge in [0.2, 0.25) is 0 Å². The van der Waals surface area contributed by atoms with Crippen LogP contribution in [0.15, 0.2) is 5.38 Å². The molecule has 94 valence electrons. The largest absolute Gasteiger partial charge is 0.464 e. The fourth-order valence-corrected chi connectivity index (χ4v) is 3.11. The smallest absolute Gasteiger partial charge is 0.357 e. The van der Waals surface area contributed by atoms with Crippen LogP contribution in [0.1, 0.15) is 37.2 Å². The zero-order valence-corrected chi connectivity index (χ0v) is 11.3. The van der Waals surface area contributed by atoms with Crippen LogP contribution >= 0.6 is 11.3 Å². The van der Waals surface area contributed by atoms with E-state index in [1.807, 2.05) is 0 Å². The molecule has 0 amide bonds. The highest BCUT2D eigenvalue weighted by molar-refractivity contribution is 7.13. The summed E-state index contributed by atoms with van der Waals surface area (Å²) in [5, 5.41) is 2.71. The Morgan fingerprint density at radius 2 is 2.35 bits per heavy atom. The van der Waals surface area contributed by atoms with Gasteiger partial charge in [-0.15, -0.1) is 11.3 Å². The van der Waals surface area contributed by atoms with Crippen LogP contribution in [0.4, 0.5) is 5.13 Å². The summed E-state index contributed by atoms with van der Waals surface area (Å²) in [5.74, 6) is 0.319. The third-order valence-electron chi connectivity index (χ3n) is 3.51. The number of aromatic nitrogens is 1. The minimum Gasteiger partial charge on any atom is -0.464 e. The van der Waals surface area contributed by atoms with Crippen molar-refractivity contribution in [1.82, 2.24) is 4.98 Å². The van der Waals surface area contributed by atoms with E-state index >= 15 is 0 Å². The monoisotopic (exact) mass is 254 g/mol. The molecule has 5 heteroatoms. The molecule has 2 heterocycles. The molecule has 1 aliphatic heterocycles. The normalized spacial score (nSPS) is 24.8. The maximum atomic E-state index is 11.4. The van der Waals surface area contributed by atoms with Gasteiger partial charge in [0.15, 0.2) is 10.8 Å². The highest BCUT2D eigenvalue weighted by Gasteiger charge is 2.27. The van der Waals surface area contributed by atoms with Crippen molar-refractivity contribution in [3.8, 4) is 0 Å². The first-order valence-corrected chi connectivity index (χ1v) is 6.82. The van der Waals surface area contributed by atoms with E-state index in [4.69, 9.17) is 0 Å². The van der Waals surface area contributed by atoms with Gasteiger partial charge in [0.1, 0.15) is 0 Å². The van der Waals surface area contributed by atoms with E-state index in [1.54, 1.807) is 5.38 Å². The van der Waals surface area contributed by atoms with Crippen LogP contribution in [0.2, 0.25) is 0 Å². The third-order valence-corrected chi connectivity index (χ3v) is 4.38. The van der Waals surface area contributed by atoms with Crippen molar-refractivity contribution in [1.29, 1.82) is 0 Å². The summed E-state index contributed by atoms with van der Waals surface area (Å²) in [5.41, 5.74) is 0.415. The maximum Gasteiger partial charge on any atom is 0.357 e. The number of esters is 1. The predicted octanol–water partition coefficient (Wildman–Crippen LogP) is 2.55. The Balaban J connectivity index is 2.16. The number of thiazole rings is 1. The Kier molecular flexibility index (Phi) is 3.66. The van der Waals surface area contributed by atoms with Crippen LogP contribution in [0.3, 0.4) is 0 Å². The van der Waals surface area contributed by atoms with E-state index in [1.165, 1.54) is 31.3 Å². The average molecular weight is 254 g/mol. The number of methoxy groups -OCH3 is 1. The Bertz CT molecular complexity index is 405. The molecule has 2 unspecified atom stereocenters. The summed E-state index contributed by atoms with van der Waals surface area (Å²) in [6.45, 7) is 5.52. The second-order valence-electron chi connectivity index (χ2n) is 4.56. The van der Waals surface area contributed by atoms with Crippen molar-refractivity contribution < 1.29 is 9.53 Å². The molecule has 1 aromatic heterocycles. The lowest BCUT2D eigenvalue weighted by molar-refractivity contribution is 0.0595. The highest BCUT2D eigenvalue weighted by Crippen LogP contribution is 2.30. The first-order chi connectivity index (χ1) is 8.13. The fourth-order valence-electron chi connectivity index (χ4n) is 2.20. The van der Waals surface area contributed by atoms with Gasteiger partial charge in [0, 0.05) is 18.0 Å². The molecule has 1 saturated heterocycles. The number of nitrogens with zero attached hydrogens (tertiary/aromatic N) is 2. The van der Waals surface area contributed by atoms with Gasteiger partial charge in [-0.2, -0.15) is 0 Å². The van der Waals surface area contributed by atoms with E-state index < -0.39 is 0 Å². The molecule has 0 saturated carbocycles. The zero-order chi connectivity index (χ0) is 12.4. The van der Waals surface area contributed by atoms with Gasteiger partial charge in [-0.1, -0.05) is 6.92 Å². The lowest BCUT2D eigenvalue weighted by Gasteiger charge is -2.37. The van der Waals surface area contributed by atoms with Crippen LogP contribution in [0, 0.1) is 5.92 Å². The van der Waals surface area contributed by atoms with Gasteiger partial charge in [-0.3, -0.25) is 0 Å². The minimum absolute atomic E-state index is 0.356. The molecule has 2 atom stereocenters. The molecule has 0 spiro atoms. The third kappa shape index (κ3) is 2.44. The molecular weight excluding hydrogens is 236 g/mol. The van der Waals surface area contributed by atoms with Crippen LogP contribution in [0.5, 0.6) is 0 Å². The van der Waals surface area contributed by atoms with Crippen molar-refractivity contribution >= 4 is 22.4 Å². The van der Waals surface area contributed by atoms with E-state index in [0.717, 1.165) is 11.7 Å². The van der Waals surface area contributed by atoms with Crippen molar-refractivity contribution in [2.45, 2.75) is 32.7 Å². The van der Waals surface area contributed by atoms with Gasteiger partial charge >= 0.3 is 5.97 Å². The number of rotatable bonds is 2. The first-order valence-electron chi connectivity index (χ1n) is 5.94. The summed E-state index contributed by atoms with van der Waals surface area (Å²) < 4.78 is 4.67. The number of anilines is 1. The summed E-state index contributed by atoms with van der Waals surface area (Å²) in [4.78, 5) is 18.0. The summed E-state index contributed by atoms with van der Waals surface area (Å²) in [7, 11) is 1.38. The second-order valence-corrected chi connectivity index (χ2v) is 5.40. The molecule has 0 aromatic carbocycles. The quantitative estimate of drug-likeness (QED) is 0.761. The summed E-state index contributed by atoms with van der Waals surface area (Å²) in [6.07, 6.45) is 2.46. The van der Waals surface area contributed by atoms with E-state index in [9.17, 15) is 4.79 Å². The molecule has 0 N–H and O–H groups in total. The molecule has 17 heavy (non-hydrogen) atoms. The molecular formula is C12H18N2O2S. The van der Waals surface area contributed by atoms with Gasteiger partial charge in [0.05, 0.1) is 7.11 Å². The Morgan fingerprint density at radius 3 is 3.06 bits per heavy atom. The summed E-state index contributed by atoms with van der Waals surface area (Å²) >= 11 is 1.52. The zero-order valence-electron chi connectivity index (χ0n) is 10.5. The van der Waals surface area contributed by atoms with Crippen LogP contribution in [0.25, 0.3) is 0 Å². The number of hydrogen-bond donors (Lipinski definition) is 0. The molecule has 1 aromatic rings. The SMILES string of the molecule is COC(=O)c1csc(N2CCCC(C)C2C)n1. The molecule has 1 fully saturated rings. The van der Waals surface area contributed by atoms with Gasteiger partial charge in [-0.25, -0.2) is 9.78 Å². The van der Waals surface area contributed by atoms with E-state index in [0.29, 0.717) is 17.7 Å². The number of piperidine rings is 1. The Labute approximate surface area is 106 Å². The van der Waals surface area contributed by atoms with Crippen LogP contribution in [-0.4, -0.2) is 30.6 Å². The minimum atomic E-state index is -0.356. The molecule has 0 bridgehead atoms. The van der Waals surface area contributed by atoms with Crippen LogP contribution in [-0.2, 0) is 4.74 Å². The molecule has 0 radical (unpaired) electrons. The number of ether oxygens (including phenoxy) is 1. The lowest BCUT2D eigenvalue weighted by atomic mass is 9.93. The first kappa shape index (κ1) is 12.4. The summed E-state index contributed by atoms with van der Waals surface area (Å²) in [6, 6.07) is 0.486. The standard InChI is InChI=1S/C12H18N2O2S/c1-8-5-4-6-14(9(8)2)12-13-10(7-17-12)11(15)16-3/h7-9H,4-6H2,1-3H3. The predicted molar refractivity (Wildman–Crippen MR) is 68.7 cm³/mol. The number of carbonyl (C=O) groups is 1. The fraction of sp³-hybridized carbons (Fsp3) is 0.667. The average Bonchev–Trinajstić information content (AvgIpc) is 2.81. The molecule has 2 rings (SSSR count). The van der Waals surface area contributed by atoms with Crippen LogP contribution < -0.4 is 4.90 Å². The lowest BCUT2D eigenvalue weighted by Crippen LogP contribution is -2.42. The number of carbonyl (C=O) groups excluding carboxylic acids is 1. The topological polar surface area (TPSA) is 42.4 Å². The van der Waals surface area contributed by atoms with E-state index in [2.05, 4.69) is 28.5 Å². The molecule has 4 nitrogen and oxygen atoms in total. The van der Waals surface area contributed by atoms with Crippen molar-refractivity contribution in [2.24, 2.45) is 5.92 Å². The molecule has 0 aliphatic carbocycles. The van der Waals surface area contributed by atoms with Crippen molar-refractivity contribution in [2.75, 3.05) is 18.6 Å². The molecule has 1 aliphatic rings. The van der Waals surface area contributed by atoms with Crippen molar-refractivity contribution in [3.63, 3.8) is 0 Å². The highest BCUT2D eigenvalue weighted by atomic mass is 32.1.